The van der Waals surface area contributed by atoms with Crippen molar-refractivity contribution in [2.75, 3.05) is 0 Å². The van der Waals surface area contributed by atoms with Crippen LogP contribution in [0.25, 0.3) is 0 Å². The molecule has 0 heterocycles. The maximum absolute atomic E-state index is 10.5. The molecule has 4 nitrogen and oxygen atoms in total. The van der Waals surface area contributed by atoms with Crippen molar-refractivity contribution < 1.29 is 19.7 Å². The number of carbonyl (C=O) groups excluding carboxylic acids is 1. The number of hydrogen-bond donors (Lipinski definition) is 1. The van der Waals surface area contributed by atoms with E-state index >= 15 is 0 Å². The fourth-order valence-electron chi connectivity index (χ4n) is 0.184. The Morgan fingerprint density at radius 1 is 1.70 bits per heavy atom. The zero-order valence-electron chi connectivity index (χ0n) is 5.96. The molecule has 0 aliphatic rings. The van der Waals surface area contributed by atoms with Crippen molar-refractivity contribution in [1.82, 2.24) is 0 Å². The van der Waals surface area contributed by atoms with Gasteiger partial charge in [-0.25, -0.2) is 4.79 Å². The minimum Gasteiger partial charge on any atom is -0.365 e. The van der Waals surface area contributed by atoms with E-state index in [4.69, 9.17) is 5.11 Å². The molecule has 0 aliphatic carbocycles. The lowest BCUT2D eigenvalue weighted by molar-refractivity contribution is -0.334. The monoisotopic (exact) mass is 146 g/mol. The van der Waals surface area contributed by atoms with Gasteiger partial charge < -0.3 is 5.11 Å². The van der Waals surface area contributed by atoms with Crippen LogP contribution in [0, 0.1) is 0 Å². The second-order valence-electron chi connectivity index (χ2n) is 1.85. The first-order valence-corrected chi connectivity index (χ1v) is 2.75. The minimum absolute atomic E-state index is 0.223. The molecule has 0 saturated heterocycles. The molecule has 0 aromatic carbocycles. The molecule has 0 radical (unpaired) electrons. The summed E-state index contributed by atoms with van der Waals surface area (Å²) < 4.78 is 0. The lowest BCUT2D eigenvalue weighted by Gasteiger charge is -2.03. The summed E-state index contributed by atoms with van der Waals surface area (Å²) >= 11 is 0. The first-order valence-electron chi connectivity index (χ1n) is 2.75. The molecule has 0 aliphatic heterocycles. The van der Waals surface area contributed by atoms with E-state index in [9.17, 15) is 4.79 Å². The molecule has 0 rings (SSSR count). The number of hydrogen-bond acceptors (Lipinski definition) is 4. The predicted octanol–water partition coefficient (Wildman–Crippen LogP) is 0.376. The standard InChI is InChI=1S/C6H10O4/c1-4(2)6(8)10-9-5(3)7/h5,7H,1H2,2-3H3. The van der Waals surface area contributed by atoms with Crippen LogP contribution >= 0.6 is 0 Å². The molecular weight excluding hydrogens is 136 g/mol. The van der Waals surface area contributed by atoms with Gasteiger partial charge >= 0.3 is 5.97 Å². The highest BCUT2D eigenvalue weighted by atomic mass is 17.2. The van der Waals surface area contributed by atoms with E-state index < -0.39 is 12.3 Å². The number of aliphatic hydroxyl groups excluding tert-OH is 1. The Kier molecular flexibility index (Phi) is 3.68. The molecule has 1 N–H and O–H groups in total. The summed E-state index contributed by atoms with van der Waals surface area (Å²) in [6.45, 7) is 6.10. The van der Waals surface area contributed by atoms with E-state index in [-0.39, 0.29) is 5.57 Å². The molecular formula is C6H10O4. The van der Waals surface area contributed by atoms with Crippen molar-refractivity contribution in [3.8, 4) is 0 Å². The SMILES string of the molecule is C=C(C)C(=O)OOC(C)O. The molecule has 0 saturated carbocycles. The molecule has 1 atom stereocenters. The third-order valence-corrected chi connectivity index (χ3v) is 0.612. The third-order valence-electron chi connectivity index (χ3n) is 0.612. The molecule has 4 heteroatoms. The fraction of sp³-hybridized carbons (Fsp3) is 0.500. The summed E-state index contributed by atoms with van der Waals surface area (Å²) in [5.74, 6) is -0.680. The summed E-state index contributed by atoms with van der Waals surface area (Å²) in [6.07, 6.45) is -1.11. The van der Waals surface area contributed by atoms with Gasteiger partial charge in [-0.05, 0) is 13.8 Å². The highest BCUT2D eigenvalue weighted by Gasteiger charge is 2.05. The molecule has 0 amide bonds. The van der Waals surface area contributed by atoms with Crippen molar-refractivity contribution in [2.24, 2.45) is 0 Å². The van der Waals surface area contributed by atoms with Gasteiger partial charge in [0.15, 0.2) is 6.29 Å². The highest BCUT2D eigenvalue weighted by molar-refractivity contribution is 5.86. The van der Waals surface area contributed by atoms with Crippen molar-refractivity contribution in [3.63, 3.8) is 0 Å². The van der Waals surface area contributed by atoms with Crippen molar-refractivity contribution in [2.45, 2.75) is 20.1 Å². The van der Waals surface area contributed by atoms with Crippen LogP contribution in [0.2, 0.25) is 0 Å². The van der Waals surface area contributed by atoms with Crippen LogP contribution in [0.15, 0.2) is 12.2 Å². The summed E-state index contributed by atoms with van der Waals surface area (Å²) in [7, 11) is 0. The smallest absolute Gasteiger partial charge is 0.365 e. The summed E-state index contributed by atoms with van der Waals surface area (Å²) in [6, 6.07) is 0. The Balaban J connectivity index is 3.50. The van der Waals surface area contributed by atoms with Crippen LogP contribution in [-0.2, 0) is 14.6 Å². The second-order valence-corrected chi connectivity index (χ2v) is 1.85. The topological polar surface area (TPSA) is 55.8 Å². The quantitative estimate of drug-likeness (QED) is 0.270. The van der Waals surface area contributed by atoms with Gasteiger partial charge in [0.2, 0.25) is 0 Å². The predicted molar refractivity (Wildman–Crippen MR) is 33.7 cm³/mol. The molecule has 0 bridgehead atoms. The van der Waals surface area contributed by atoms with Gasteiger partial charge in [0, 0.05) is 5.57 Å². The average Bonchev–Trinajstić information content (AvgIpc) is 1.82. The maximum Gasteiger partial charge on any atom is 0.368 e. The lowest BCUT2D eigenvalue weighted by Crippen LogP contribution is -2.12. The molecule has 10 heavy (non-hydrogen) atoms. The van der Waals surface area contributed by atoms with E-state index in [2.05, 4.69) is 16.4 Å². The van der Waals surface area contributed by atoms with Crippen LogP contribution in [-0.4, -0.2) is 17.4 Å². The Morgan fingerprint density at radius 3 is 2.50 bits per heavy atom. The van der Waals surface area contributed by atoms with Gasteiger partial charge in [0.05, 0.1) is 0 Å². The van der Waals surface area contributed by atoms with Gasteiger partial charge in [-0.1, -0.05) is 6.58 Å². The van der Waals surface area contributed by atoms with E-state index in [1.807, 2.05) is 0 Å². The maximum atomic E-state index is 10.5. The zero-order valence-corrected chi connectivity index (χ0v) is 5.96. The average molecular weight is 146 g/mol. The molecule has 1 unspecified atom stereocenters. The second kappa shape index (κ2) is 4.03. The zero-order chi connectivity index (χ0) is 8.15. The minimum atomic E-state index is -1.11. The van der Waals surface area contributed by atoms with Gasteiger partial charge in [-0.15, -0.1) is 0 Å². The van der Waals surface area contributed by atoms with Gasteiger partial charge in [-0.2, -0.15) is 4.89 Å². The van der Waals surface area contributed by atoms with Crippen LogP contribution < -0.4 is 0 Å². The Morgan fingerprint density at radius 2 is 2.20 bits per heavy atom. The van der Waals surface area contributed by atoms with E-state index in [0.29, 0.717) is 0 Å². The Labute approximate surface area is 59.0 Å². The molecule has 0 spiro atoms. The van der Waals surface area contributed by atoms with E-state index in [1.54, 1.807) is 0 Å². The number of aliphatic hydroxyl groups is 1. The van der Waals surface area contributed by atoms with E-state index in [1.165, 1.54) is 13.8 Å². The first-order chi connectivity index (χ1) is 4.54. The first kappa shape index (κ1) is 9.13. The Bertz CT molecular complexity index is 139. The molecule has 0 fully saturated rings. The molecule has 58 valence electrons. The summed E-state index contributed by atoms with van der Waals surface area (Å²) in [5.41, 5.74) is 0.223. The van der Waals surface area contributed by atoms with Gasteiger partial charge in [0.25, 0.3) is 0 Å². The summed E-state index contributed by atoms with van der Waals surface area (Å²) in [4.78, 5) is 18.7. The highest BCUT2D eigenvalue weighted by Crippen LogP contribution is 1.94. The van der Waals surface area contributed by atoms with E-state index in [0.717, 1.165) is 0 Å². The van der Waals surface area contributed by atoms with Gasteiger partial charge in [0.1, 0.15) is 0 Å². The molecule has 0 aromatic heterocycles. The fourth-order valence-corrected chi connectivity index (χ4v) is 0.184. The Hall–Kier alpha value is -0.870. The van der Waals surface area contributed by atoms with Crippen molar-refractivity contribution in [3.05, 3.63) is 12.2 Å². The largest absolute Gasteiger partial charge is 0.368 e. The van der Waals surface area contributed by atoms with Gasteiger partial charge in [-0.3, -0.25) is 4.89 Å². The van der Waals surface area contributed by atoms with Crippen molar-refractivity contribution in [1.29, 1.82) is 0 Å². The normalized spacial score (nSPS) is 12.3. The van der Waals surface area contributed by atoms with Crippen LogP contribution in [0.4, 0.5) is 0 Å². The molecule has 0 aromatic rings. The third kappa shape index (κ3) is 4.05. The summed E-state index contributed by atoms with van der Waals surface area (Å²) in [5, 5.41) is 8.45. The number of carbonyl (C=O) groups is 1. The van der Waals surface area contributed by atoms with Crippen LogP contribution in [0.1, 0.15) is 13.8 Å². The lowest BCUT2D eigenvalue weighted by atomic mass is 10.4. The van der Waals surface area contributed by atoms with Crippen LogP contribution in [0.3, 0.4) is 0 Å². The van der Waals surface area contributed by atoms with Crippen molar-refractivity contribution >= 4 is 5.97 Å². The van der Waals surface area contributed by atoms with Crippen LogP contribution in [0.5, 0.6) is 0 Å². The number of rotatable bonds is 3.